The molecule has 0 aliphatic heterocycles. The van der Waals surface area contributed by atoms with Crippen LogP contribution in [0.3, 0.4) is 0 Å². The van der Waals surface area contributed by atoms with E-state index < -0.39 is 0 Å². The first-order chi connectivity index (χ1) is 13.5. The van der Waals surface area contributed by atoms with Crippen molar-refractivity contribution in [3.63, 3.8) is 0 Å². The molecule has 0 aliphatic carbocycles. The fraction of sp³-hybridized carbons (Fsp3) is 0.364. The molecule has 0 bridgehead atoms. The second-order valence-electron chi connectivity index (χ2n) is 6.68. The van der Waals surface area contributed by atoms with Gasteiger partial charge in [0.2, 0.25) is 11.8 Å². The molecule has 0 spiro atoms. The molecule has 2 rings (SSSR count). The predicted molar refractivity (Wildman–Crippen MR) is 112 cm³/mol. The molecule has 0 atom stereocenters. The van der Waals surface area contributed by atoms with Crippen LogP contribution in [-0.2, 0) is 16.0 Å². The normalized spacial score (nSPS) is 10.4. The number of halogens is 1. The van der Waals surface area contributed by atoms with Gasteiger partial charge < -0.3 is 15.4 Å². The van der Waals surface area contributed by atoms with Crippen molar-refractivity contribution in [2.45, 2.75) is 33.1 Å². The molecule has 28 heavy (non-hydrogen) atoms. The number of aryl methyl sites for hydroxylation is 2. The zero-order valence-electron chi connectivity index (χ0n) is 16.4. The first-order valence-corrected chi connectivity index (χ1v) is 9.80. The molecular formula is C22H27ClN2O3. The van der Waals surface area contributed by atoms with Gasteiger partial charge in [-0.3, -0.25) is 9.59 Å². The zero-order valence-corrected chi connectivity index (χ0v) is 17.1. The summed E-state index contributed by atoms with van der Waals surface area (Å²) in [4.78, 5) is 23.7. The summed E-state index contributed by atoms with van der Waals surface area (Å²) >= 11 is 5.82. The lowest BCUT2D eigenvalue weighted by molar-refractivity contribution is -0.122. The standard InChI is InChI=1S/C22H27ClN2O3/c1-16-5-3-6-17(2)22(16)28-14-4-7-20(26)24-12-13-25-21(27)15-18-8-10-19(23)11-9-18/h3,5-6,8-11H,4,7,12-15H2,1-2H3,(H,24,26)(H,25,27). The molecular weight excluding hydrogens is 376 g/mol. The lowest BCUT2D eigenvalue weighted by Crippen LogP contribution is -2.35. The minimum atomic E-state index is -0.0847. The molecule has 2 aromatic rings. The largest absolute Gasteiger partial charge is 0.493 e. The summed E-state index contributed by atoms with van der Waals surface area (Å²) in [5.41, 5.74) is 3.09. The fourth-order valence-corrected chi connectivity index (χ4v) is 2.90. The van der Waals surface area contributed by atoms with Crippen LogP contribution in [0.25, 0.3) is 0 Å². The van der Waals surface area contributed by atoms with E-state index in [1.54, 1.807) is 12.1 Å². The minimum absolute atomic E-state index is 0.0444. The topological polar surface area (TPSA) is 67.4 Å². The highest BCUT2D eigenvalue weighted by atomic mass is 35.5. The number of hydrogen-bond donors (Lipinski definition) is 2. The summed E-state index contributed by atoms with van der Waals surface area (Å²) in [6.07, 6.45) is 1.33. The van der Waals surface area contributed by atoms with Gasteiger partial charge in [0.1, 0.15) is 5.75 Å². The van der Waals surface area contributed by atoms with Gasteiger partial charge in [-0.2, -0.15) is 0 Å². The lowest BCUT2D eigenvalue weighted by atomic mass is 10.1. The average Bonchev–Trinajstić information content (AvgIpc) is 2.66. The Kier molecular flexibility index (Phi) is 8.82. The molecule has 5 nitrogen and oxygen atoms in total. The van der Waals surface area contributed by atoms with Crippen LogP contribution in [0.4, 0.5) is 0 Å². The number of carbonyl (C=O) groups excluding carboxylic acids is 2. The zero-order chi connectivity index (χ0) is 20.4. The number of nitrogens with one attached hydrogen (secondary N) is 2. The maximum atomic E-state index is 11.9. The lowest BCUT2D eigenvalue weighted by Gasteiger charge is -2.12. The predicted octanol–water partition coefficient (Wildman–Crippen LogP) is 3.59. The van der Waals surface area contributed by atoms with Gasteiger partial charge in [0.15, 0.2) is 0 Å². The van der Waals surface area contributed by atoms with Crippen molar-refractivity contribution in [2.24, 2.45) is 0 Å². The number of hydrogen-bond acceptors (Lipinski definition) is 3. The van der Waals surface area contributed by atoms with E-state index in [0.717, 1.165) is 22.4 Å². The minimum Gasteiger partial charge on any atom is -0.493 e. The molecule has 0 radical (unpaired) electrons. The van der Waals surface area contributed by atoms with Crippen LogP contribution in [0, 0.1) is 13.8 Å². The first-order valence-electron chi connectivity index (χ1n) is 9.42. The Morgan fingerprint density at radius 1 is 0.929 bits per heavy atom. The van der Waals surface area contributed by atoms with E-state index >= 15 is 0 Å². The summed E-state index contributed by atoms with van der Waals surface area (Å²) < 4.78 is 5.79. The monoisotopic (exact) mass is 402 g/mol. The Hall–Kier alpha value is -2.53. The van der Waals surface area contributed by atoms with E-state index in [1.165, 1.54) is 0 Å². The van der Waals surface area contributed by atoms with Gasteiger partial charge in [0.05, 0.1) is 13.0 Å². The van der Waals surface area contributed by atoms with E-state index in [-0.39, 0.29) is 11.8 Å². The van der Waals surface area contributed by atoms with Gasteiger partial charge >= 0.3 is 0 Å². The Bertz CT molecular complexity index is 771. The molecule has 0 unspecified atom stereocenters. The third-order valence-corrected chi connectivity index (χ3v) is 4.50. The number of rotatable bonds is 10. The number of benzene rings is 2. The van der Waals surface area contributed by atoms with E-state index in [1.807, 2.05) is 44.2 Å². The van der Waals surface area contributed by atoms with Crippen LogP contribution in [-0.4, -0.2) is 31.5 Å². The van der Waals surface area contributed by atoms with Gasteiger partial charge in [-0.05, 0) is 49.1 Å². The van der Waals surface area contributed by atoms with Crippen molar-refractivity contribution in [3.05, 3.63) is 64.2 Å². The van der Waals surface area contributed by atoms with E-state index in [0.29, 0.717) is 44.0 Å². The van der Waals surface area contributed by atoms with Crippen LogP contribution in [0.2, 0.25) is 5.02 Å². The third kappa shape index (κ3) is 7.61. The number of amides is 2. The SMILES string of the molecule is Cc1cccc(C)c1OCCCC(=O)NCCNC(=O)Cc1ccc(Cl)cc1. The Balaban J connectivity index is 1.55. The molecule has 0 fully saturated rings. The highest BCUT2D eigenvalue weighted by molar-refractivity contribution is 6.30. The molecule has 2 aromatic carbocycles. The van der Waals surface area contributed by atoms with E-state index in [9.17, 15) is 9.59 Å². The Labute approximate surface area is 171 Å². The van der Waals surface area contributed by atoms with Crippen LogP contribution in [0.15, 0.2) is 42.5 Å². The highest BCUT2D eigenvalue weighted by Crippen LogP contribution is 2.22. The summed E-state index contributed by atoms with van der Waals surface area (Å²) in [5.74, 6) is 0.766. The molecule has 0 aromatic heterocycles. The number of carbonyl (C=O) groups is 2. The maximum absolute atomic E-state index is 11.9. The van der Waals surface area contributed by atoms with Crippen molar-refractivity contribution in [3.8, 4) is 5.75 Å². The van der Waals surface area contributed by atoms with Gasteiger partial charge in [-0.25, -0.2) is 0 Å². The van der Waals surface area contributed by atoms with Gasteiger partial charge in [-0.15, -0.1) is 0 Å². The smallest absolute Gasteiger partial charge is 0.224 e. The van der Waals surface area contributed by atoms with Crippen LogP contribution in [0.1, 0.15) is 29.5 Å². The summed E-state index contributed by atoms with van der Waals surface area (Å²) in [7, 11) is 0. The van der Waals surface area contributed by atoms with Gasteiger partial charge in [0, 0.05) is 24.5 Å². The van der Waals surface area contributed by atoms with Crippen molar-refractivity contribution >= 4 is 23.4 Å². The summed E-state index contributed by atoms with van der Waals surface area (Å²) in [6, 6.07) is 13.2. The molecule has 2 N–H and O–H groups in total. The van der Waals surface area contributed by atoms with Crippen LogP contribution in [0.5, 0.6) is 5.75 Å². The van der Waals surface area contributed by atoms with Crippen LogP contribution >= 0.6 is 11.6 Å². The fourth-order valence-electron chi connectivity index (χ4n) is 2.78. The molecule has 6 heteroatoms. The first kappa shape index (κ1) is 21.8. The molecule has 0 heterocycles. The van der Waals surface area contributed by atoms with Crippen molar-refractivity contribution in [1.29, 1.82) is 0 Å². The highest BCUT2D eigenvalue weighted by Gasteiger charge is 2.06. The number of para-hydroxylation sites is 1. The Morgan fingerprint density at radius 2 is 1.54 bits per heavy atom. The van der Waals surface area contributed by atoms with Crippen molar-refractivity contribution in [1.82, 2.24) is 10.6 Å². The van der Waals surface area contributed by atoms with Crippen molar-refractivity contribution in [2.75, 3.05) is 19.7 Å². The molecule has 150 valence electrons. The quantitative estimate of drug-likeness (QED) is 0.597. The molecule has 2 amide bonds. The molecule has 0 saturated heterocycles. The number of ether oxygens (including phenoxy) is 1. The van der Waals surface area contributed by atoms with Gasteiger partial charge in [-0.1, -0.05) is 41.9 Å². The third-order valence-electron chi connectivity index (χ3n) is 4.25. The Morgan fingerprint density at radius 3 is 2.18 bits per heavy atom. The maximum Gasteiger partial charge on any atom is 0.224 e. The second kappa shape index (κ2) is 11.3. The van der Waals surface area contributed by atoms with Crippen LogP contribution < -0.4 is 15.4 Å². The second-order valence-corrected chi connectivity index (χ2v) is 7.11. The average molecular weight is 403 g/mol. The summed E-state index contributed by atoms with van der Waals surface area (Å²) in [6.45, 7) is 5.32. The van der Waals surface area contributed by atoms with Crippen molar-refractivity contribution < 1.29 is 14.3 Å². The summed E-state index contributed by atoms with van der Waals surface area (Å²) in [5, 5.41) is 6.24. The van der Waals surface area contributed by atoms with E-state index in [4.69, 9.17) is 16.3 Å². The van der Waals surface area contributed by atoms with E-state index in [2.05, 4.69) is 10.6 Å². The molecule has 0 aliphatic rings. The van der Waals surface area contributed by atoms with Gasteiger partial charge in [0.25, 0.3) is 0 Å². The molecule has 0 saturated carbocycles.